The maximum absolute atomic E-state index is 14.0. The number of anilines is 3. The van der Waals surface area contributed by atoms with Crippen molar-refractivity contribution < 1.29 is 17.9 Å². The number of aromatic nitrogens is 4. The first-order chi connectivity index (χ1) is 12.9. The van der Waals surface area contributed by atoms with Crippen LogP contribution in [-0.2, 0) is 0 Å². The van der Waals surface area contributed by atoms with Gasteiger partial charge in [0.05, 0.1) is 12.4 Å². The number of nitrogens with one attached hydrogen (secondary N) is 1. The van der Waals surface area contributed by atoms with E-state index in [1.54, 1.807) is 37.2 Å². The molecule has 0 amide bonds. The van der Waals surface area contributed by atoms with E-state index in [1.165, 1.54) is 18.3 Å². The van der Waals surface area contributed by atoms with Gasteiger partial charge in [0.25, 0.3) is 0 Å². The molecule has 0 unspecified atom stereocenters. The Morgan fingerprint density at radius 2 is 1.81 bits per heavy atom. The molecule has 10 heteroatoms. The van der Waals surface area contributed by atoms with Crippen LogP contribution in [0.5, 0.6) is 5.75 Å². The van der Waals surface area contributed by atoms with Gasteiger partial charge in [-0.25, -0.2) is 9.37 Å². The highest BCUT2D eigenvalue weighted by molar-refractivity contribution is 5.67. The van der Waals surface area contributed by atoms with Crippen LogP contribution < -0.4 is 15.0 Å². The van der Waals surface area contributed by atoms with Crippen LogP contribution >= 0.6 is 0 Å². The van der Waals surface area contributed by atoms with Crippen molar-refractivity contribution in [3.63, 3.8) is 0 Å². The average Bonchev–Trinajstić information content (AvgIpc) is 2.64. The summed E-state index contributed by atoms with van der Waals surface area (Å²) in [5.41, 5.74) is 1.35. The Morgan fingerprint density at radius 3 is 2.48 bits per heavy atom. The molecule has 140 valence electrons. The van der Waals surface area contributed by atoms with Crippen LogP contribution in [0.3, 0.4) is 0 Å². The van der Waals surface area contributed by atoms with Crippen molar-refractivity contribution in [2.75, 3.05) is 24.3 Å². The van der Waals surface area contributed by atoms with Gasteiger partial charge in [-0.2, -0.15) is 18.9 Å². The van der Waals surface area contributed by atoms with Crippen molar-refractivity contribution in [3.8, 4) is 16.9 Å². The first-order valence-corrected chi connectivity index (χ1v) is 7.77. The van der Waals surface area contributed by atoms with Crippen molar-refractivity contribution in [3.05, 3.63) is 48.5 Å². The lowest BCUT2D eigenvalue weighted by Crippen LogP contribution is -2.14. The summed E-state index contributed by atoms with van der Waals surface area (Å²) in [6.07, 6.45) is 2.55. The zero-order chi connectivity index (χ0) is 19.4. The van der Waals surface area contributed by atoms with Crippen molar-refractivity contribution in [2.24, 2.45) is 0 Å². The van der Waals surface area contributed by atoms with Crippen LogP contribution in [0.4, 0.5) is 30.8 Å². The minimum atomic E-state index is -2.89. The molecule has 0 aliphatic heterocycles. The highest BCUT2D eigenvalue weighted by Gasteiger charge is 2.11. The molecule has 0 fully saturated rings. The lowest BCUT2D eigenvalue weighted by atomic mass is 10.1. The predicted molar refractivity (Wildman–Crippen MR) is 93.7 cm³/mol. The van der Waals surface area contributed by atoms with Crippen molar-refractivity contribution in [1.82, 2.24) is 20.2 Å². The maximum atomic E-state index is 14.0. The number of alkyl halides is 2. The Kier molecular flexibility index (Phi) is 5.34. The Labute approximate surface area is 152 Å². The molecule has 0 radical (unpaired) electrons. The third-order valence-electron chi connectivity index (χ3n) is 3.45. The molecular weight excluding hydrogens is 361 g/mol. The van der Waals surface area contributed by atoms with Gasteiger partial charge in [0.2, 0.25) is 5.95 Å². The van der Waals surface area contributed by atoms with Crippen molar-refractivity contribution in [1.29, 1.82) is 0 Å². The number of hydrogen-bond donors (Lipinski definition) is 1. The molecule has 0 saturated heterocycles. The summed E-state index contributed by atoms with van der Waals surface area (Å²) >= 11 is 0. The predicted octanol–water partition coefficient (Wildman–Crippen LogP) is 3.48. The molecule has 7 nitrogen and oxygen atoms in total. The number of hydrogen-bond acceptors (Lipinski definition) is 7. The van der Waals surface area contributed by atoms with Gasteiger partial charge in [-0.1, -0.05) is 12.1 Å². The molecule has 0 aliphatic rings. The molecular formula is C17H15F3N6O. The number of rotatable bonds is 6. The molecule has 2 aromatic heterocycles. The van der Waals surface area contributed by atoms with Crippen molar-refractivity contribution in [2.45, 2.75) is 6.61 Å². The summed E-state index contributed by atoms with van der Waals surface area (Å²) in [7, 11) is 3.47. The van der Waals surface area contributed by atoms with E-state index < -0.39 is 12.4 Å². The van der Waals surface area contributed by atoms with E-state index in [0.29, 0.717) is 17.1 Å². The monoisotopic (exact) mass is 376 g/mol. The van der Waals surface area contributed by atoms with Crippen LogP contribution in [0.2, 0.25) is 0 Å². The van der Waals surface area contributed by atoms with E-state index in [1.807, 2.05) is 0 Å². The summed E-state index contributed by atoms with van der Waals surface area (Å²) < 4.78 is 42.7. The second-order valence-electron chi connectivity index (χ2n) is 5.62. The third-order valence-corrected chi connectivity index (χ3v) is 3.45. The zero-order valence-electron chi connectivity index (χ0n) is 14.4. The first kappa shape index (κ1) is 18.4. The quantitative estimate of drug-likeness (QED) is 0.706. The fraction of sp³-hybridized carbons (Fsp3) is 0.176. The topological polar surface area (TPSA) is 76.1 Å². The molecule has 1 N–H and O–H groups in total. The summed E-state index contributed by atoms with van der Waals surface area (Å²) in [5.74, 6) is -0.0316. The standard InChI is InChI=1S/C17H15F3N6O/c1-26(2)17-21-9-13(18)15(24-17)23-14-7-11(8-22-25-14)10-3-5-12(6-4-10)27-16(19)20/h3-9,16H,1-2H3,(H,21,23,24,25). The van der Waals surface area contributed by atoms with Gasteiger partial charge in [-0.05, 0) is 23.8 Å². The van der Waals surface area contributed by atoms with Gasteiger partial charge >= 0.3 is 6.61 Å². The molecule has 1 aromatic carbocycles. The molecule has 0 spiro atoms. The lowest BCUT2D eigenvalue weighted by molar-refractivity contribution is -0.0498. The summed E-state index contributed by atoms with van der Waals surface area (Å²) in [5, 5.41) is 10.5. The largest absolute Gasteiger partial charge is 0.435 e. The number of halogens is 3. The highest BCUT2D eigenvalue weighted by atomic mass is 19.3. The second-order valence-corrected chi connectivity index (χ2v) is 5.62. The summed E-state index contributed by atoms with van der Waals surface area (Å²) in [4.78, 5) is 9.59. The Balaban J connectivity index is 1.83. The maximum Gasteiger partial charge on any atom is 0.387 e. The van der Waals surface area contributed by atoms with E-state index in [9.17, 15) is 13.2 Å². The van der Waals surface area contributed by atoms with E-state index >= 15 is 0 Å². The Bertz CT molecular complexity index is 921. The third kappa shape index (κ3) is 4.60. The summed E-state index contributed by atoms with van der Waals surface area (Å²) in [6.45, 7) is -2.89. The molecule has 3 aromatic rings. The van der Waals surface area contributed by atoms with E-state index in [0.717, 1.165) is 6.20 Å². The minimum Gasteiger partial charge on any atom is -0.435 e. The van der Waals surface area contributed by atoms with E-state index in [-0.39, 0.29) is 17.4 Å². The van der Waals surface area contributed by atoms with Crippen LogP contribution in [-0.4, -0.2) is 40.9 Å². The van der Waals surface area contributed by atoms with Gasteiger partial charge in [0, 0.05) is 19.7 Å². The van der Waals surface area contributed by atoms with E-state index in [4.69, 9.17) is 0 Å². The van der Waals surface area contributed by atoms with Crippen LogP contribution in [0.1, 0.15) is 0 Å². The second kappa shape index (κ2) is 7.85. The van der Waals surface area contributed by atoms with Gasteiger partial charge in [0.15, 0.2) is 17.5 Å². The SMILES string of the molecule is CN(C)c1ncc(F)c(Nc2cc(-c3ccc(OC(F)F)cc3)cnn2)n1. The average molecular weight is 376 g/mol. The Hall–Kier alpha value is -3.43. The van der Waals surface area contributed by atoms with Gasteiger partial charge < -0.3 is 15.0 Å². The van der Waals surface area contributed by atoms with Crippen molar-refractivity contribution >= 4 is 17.6 Å². The molecule has 27 heavy (non-hydrogen) atoms. The Morgan fingerprint density at radius 1 is 1.07 bits per heavy atom. The van der Waals surface area contributed by atoms with Gasteiger partial charge in [0.1, 0.15) is 5.75 Å². The van der Waals surface area contributed by atoms with E-state index in [2.05, 4.69) is 30.2 Å². The van der Waals surface area contributed by atoms with Crippen LogP contribution in [0, 0.1) is 5.82 Å². The lowest BCUT2D eigenvalue weighted by Gasteiger charge is -2.12. The van der Waals surface area contributed by atoms with Gasteiger partial charge in [-0.15, -0.1) is 5.10 Å². The van der Waals surface area contributed by atoms with Crippen LogP contribution in [0.25, 0.3) is 11.1 Å². The van der Waals surface area contributed by atoms with Crippen LogP contribution in [0.15, 0.2) is 42.7 Å². The number of ether oxygens (including phenoxy) is 1. The fourth-order valence-corrected chi connectivity index (χ4v) is 2.20. The molecule has 2 heterocycles. The highest BCUT2D eigenvalue weighted by Crippen LogP contribution is 2.25. The fourth-order valence-electron chi connectivity index (χ4n) is 2.20. The zero-order valence-corrected chi connectivity index (χ0v) is 14.4. The van der Waals surface area contributed by atoms with Gasteiger partial charge in [-0.3, -0.25) is 0 Å². The molecule has 0 bridgehead atoms. The molecule has 0 aliphatic carbocycles. The number of nitrogens with zero attached hydrogens (tertiary/aromatic N) is 5. The molecule has 0 saturated carbocycles. The normalized spacial score (nSPS) is 10.7. The number of benzene rings is 1. The smallest absolute Gasteiger partial charge is 0.387 e. The minimum absolute atomic E-state index is 0.0409. The molecule has 3 rings (SSSR count). The molecule has 0 atom stereocenters. The first-order valence-electron chi connectivity index (χ1n) is 7.77. The summed E-state index contributed by atoms with van der Waals surface area (Å²) in [6, 6.07) is 7.68.